The Hall–Kier alpha value is -1.93. The minimum absolute atomic E-state index is 0.0422. The van der Waals surface area contributed by atoms with Crippen LogP contribution in [0.4, 0.5) is 5.00 Å². The summed E-state index contributed by atoms with van der Waals surface area (Å²) >= 11 is 1.36. The van der Waals surface area contributed by atoms with Gasteiger partial charge in [-0.25, -0.2) is 4.79 Å². The van der Waals surface area contributed by atoms with Gasteiger partial charge >= 0.3 is 5.97 Å². The van der Waals surface area contributed by atoms with Crippen LogP contribution in [0.3, 0.4) is 0 Å². The normalized spacial score (nSPS) is 22.4. The number of carbonyl (C=O) groups is 3. The van der Waals surface area contributed by atoms with Gasteiger partial charge in [-0.1, -0.05) is 0 Å². The molecule has 1 N–H and O–H groups in total. The van der Waals surface area contributed by atoms with Crippen LogP contribution in [0.5, 0.6) is 0 Å². The first-order valence-corrected chi connectivity index (χ1v) is 10.1. The Bertz CT molecular complexity index is 746. The second-order valence-corrected chi connectivity index (χ2v) is 8.61. The van der Waals surface area contributed by atoms with Crippen molar-refractivity contribution in [1.29, 1.82) is 0 Å². The van der Waals surface area contributed by atoms with Crippen LogP contribution < -0.4 is 5.32 Å². The van der Waals surface area contributed by atoms with Crippen LogP contribution in [0.15, 0.2) is 0 Å². The van der Waals surface area contributed by atoms with Crippen molar-refractivity contribution >= 4 is 34.1 Å². The van der Waals surface area contributed by atoms with Gasteiger partial charge < -0.3 is 19.7 Å². The highest BCUT2D eigenvalue weighted by atomic mass is 32.1. The van der Waals surface area contributed by atoms with Crippen LogP contribution >= 0.6 is 11.3 Å². The number of hydrogen-bond acceptors (Lipinski definition) is 6. The molecule has 2 aliphatic rings. The first kappa shape index (κ1) is 19.8. The van der Waals surface area contributed by atoms with Crippen molar-refractivity contribution in [3.63, 3.8) is 0 Å². The maximum atomic E-state index is 12.6. The topological polar surface area (TPSA) is 84.9 Å². The number of rotatable bonds is 5. The van der Waals surface area contributed by atoms with Crippen LogP contribution in [0, 0.1) is 19.8 Å². The lowest BCUT2D eigenvalue weighted by Crippen LogP contribution is -2.49. The van der Waals surface area contributed by atoms with Gasteiger partial charge in [-0.15, -0.1) is 11.3 Å². The molecule has 3 rings (SSSR count). The van der Waals surface area contributed by atoms with Gasteiger partial charge in [0.25, 0.3) is 5.91 Å². The van der Waals surface area contributed by atoms with Crippen LogP contribution in [0.2, 0.25) is 0 Å². The third-order valence-electron chi connectivity index (χ3n) is 4.87. The molecule has 2 amide bonds. The lowest BCUT2D eigenvalue weighted by molar-refractivity contribution is -0.146. The lowest BCUT2D eigenvalue weighted by Gasteiger charge is -2.35. The zero-order chi connectivity index (χ0) is 19.7. The molecule has 0 bridgehead atoms. The van der Waals surface area contributed by atoms with E-state index >= 15 is 0 Å². The maximum Gasteiger partial charge on any atom is 0.341 e. The largest absolute Gasteiger partial charge is 0.452 e. The van der Waals surface area contributed by atoms with E-state index in [-0.39, 0.29) is 36.5 Å². The maximum absolute atomic E-state index is 12.6. The van der Waals surface area contributed by atoms with Gasteiger partial charge in [0.15, 0.2) is 6.61 Å². The van der Waals surface area contributed by atoms with Crippen molar-refractivity contribution in [3.05, 3.63) is 16.0 Å². The van der Waals surface area contributed by atoms with Gasteiger partial charge in [0.05, 0.1) is 17.8 Å². The smallest absolute Gasteiger partial charge is 0.341 e. The van der Waals surface area contributed by atoms with Crippen molar-refractivity contribution in [3.8, 4) is 0 Å². The molecular weight excluding hydrogens is 368 g/mol. The van der Waals surface area contributed by atoms with E-state index in [1.807, 2.05) is 27.7 Å². The number of nitrogens with zero attached hydrogens (tertiary/aromatic N) is 1. The molecule has 1 aromatic heterocycles. The Morgan fingerprint density at radius 1 is 1.19 bits per heavy atom. The molecule has 7 nitrogen and oxygen atoms in total. The summed E-state index contributed by atoms with van der Waals surface area (Å²) in [4.78, 5) is 39.7. The highest BCUT2D eigenvalue weighted by molar-refractivity contribution is 7.16. The minimum Gasteiger partial charge on any atom is -0.452 e. The van der Waals surface area contributed by atoms with Crippen molar-refractivity contribution in [2.75, 3.05) is 25.0 Å². The van der Waals surface area contributed by atoms with Crippen LogP contribution in [-0.4, -0.2) is 54.6 Å². The Labute approximate surface area is 163 Å². The van der Waals surface area contributed by atoms with Crippen molar-refractivity contribution < 1.29 is 23.9 Å². The van der Waals surface area contributed by atoms with Gasteiger partial charge in [-0.2, -0.15) is 0 Å². The van der Waals surface area contributed by atoms with Gasteiger partial charge in [0, 0.05) is 23.9 Å². The molecule has 1 aliphatic heterocycles. The molecule has 27 heavy (non-hydrogen) atoms. The number of ether oxygens (including phenoxy) is 2. The Kier molecular flexibility index (Phi) is 5.86. The lowest BCUT2D eigenvalue weighted by atomic mass is 10.1. The number of hydrogen-bond donors (Lipinski definition) is 1. The van der Waals surface area contributed by atoms with Crippen LogP contribution in [0.1, 0.15) is 47.5 Å². The average molecular weight is 394 g/mol. The third-order valence-corrected chi connectivity index (χ3v) is 6.00. The molecule has 0 radical (unpaired) electrons. The van der Waals surface area contributed by atoms with E-state index in [9.17, 15) is 14.4 Å². The fraction of sp³-hybridized carbons (Fsp3) is 0.632. The molecule has 148 valence electrons. The minimum atomic E-state index is -0.578. The molecule has 2 heterocycles. The fourth-order valence-corrected chi connectivity index (χ4v) is 4.24. The number of amides is 2. The summed E-state index contributed by atoms with van der Waals surface area (Å²) in [5.74, 6) is -0.828. The second-order valence-electron chi connectivity index (χ2n) is 7.38. The number of thiophene rings is 1. The summed E-state index contributed by atoms with van der Waals surface area (Å²) in [6, 6.07) is 0. The first-order valence-electron chi connectivity index (χ1n) is 9.27. The highest BCUT2D eigenvalue weighted by Crippen LogP contribution is 2.36. The second kappa shape index (κ2) is 7.98. The zero-order valence-electron chi connectivity index (χ0n) is 16.2. The summed E-state index contributed by atoms with van der Waals surface area (Å²) in [5, 5.41) is 3.35. The van der Waals surface area contributed by atoms with Gasteiger partial charge in [-0.05, 0) is 46.1 Å². The van der Waals surface area contributed by atoms with E-state index in [1.165, 1.54) is 11.3 Å². The van der Waals surface area contributed by atoms with E-state index in [2.05, 4.69) is 5.32 Å². The predicted molar refractivity (Wildman–Crippen MR) is 102 cm³/mol. The van der Waals surface area contributed by atoms with Crippen molar-refractivity contribution in [2.24, 2.45) is 5.92 Å². The predicted octanol–water partition coefficient (Wildman–Crippen LogP) is 2.51. The molecule has 0 unspecified atom stereocenters. The number of aryl methyl sites for hydroxylation is 1. The first-order chi connectivity index (χ1) is 12.8. The number of morpholine rings is 1. The Balaban J connectivity index is 1.63. The van der Waals surface area contributed by atoms with Crippen LogP contribution in [0.25, 0.3) is 0 Å². The molecule has 0 spiro atoms. The number of esters is 1. The summed E-state index contributed by atoms with van der Waals surface area (Å²) in [7, 11) is 0. The molecule has 2 atom stereocenters. The third kappa shape index (κ3) is 4.68. The number of anilines is 1. The number of nitrogens with one attached hydrogen (secondary N) is 1. The summed E-state index contributed by atoms with van der Waals surface area (Å²) in [6.07, 6.45) is 1.69. The van der Waals surface area contributed by atoms with E-state index in [4.69, 9.17) is 9.47 Å². The summed E-state index contributed by atoms with van der Waals surface area (Å²) in [5.41, 5.74) is 1.13. The summed E-state index contributed by atoms with van der Waals surface area (Å²) < 4.78 is 10.9. The molecule has 0 aromatic carbocycles. The molecule has 2 fully saturated rings. The molecule has 8 heteroatoms. The summed E-state index contributed by atoms with van der Waals surface area (Å²) in [6.45, 7) is 8.19. The van der Waals surface area contributed by atoms with E-state index in [1.54, 1.807) is 4.90 Å². The zero-order valence-corrected chi connectivity index (χ0v) is 17.0. The SMILES string of the molecule is Cc1sc(NC(=O)C2CC2)c(C(=O)OCC(=O)N2C[C@@H](C)O[C@H](C)C2)c1C. The van der Waals surface area contributed by atoms with E-state index in [0.717, 1.165) is 23.3 Å². The monoisotopic (exact) mass is 394 g/mol. The van der Waals surface area contributed by atoms with Gasteiger partial charge in [0.2, 0.25) is 5.91 Å². The van der Waals surface area contributed by atoms with Crippen molar-refractivity contribution in [1.82, 2.24) is 4.90 Å². The standard InChI is InChI=1S/C19H26N2O5S/c1-10-7-21(8-11(2)26-10)15(22)9-25-19(24)16-12(3)13(4)27-18(16)20-17(23)14-5-6-14/h10-11,14H,5-9H2,1-4H3,(H,20,23)/t10-,11-/m1/s1. The molecule has 1 aliphatic carbocycles. The van der Waals surface area contributed by atoms with Crippen molar-refractivity contribution in [2.45, 2.75) is 52.7 Å². The van der Waals surface area contributed by atoms with Gasteiger partial charge in [-0.3, -0.25) is 9.59 Å². The highest BCUT2D eigenvalue weighted by Gasteiger charge is 2.32. The Morgan fingerprint density at radius 2 is 1.81 bits per heavy atom. The van der Waals surface area contributed by atoms with Gasteiger partial charge in [0.1, 0.15) is 5.00 Å². The van der Waals surface area contributed by atoms with Crippen LogP contribution in [-0.2, 0) is 19.1 Å². The Morgan fingerprint density at radius 3 is 2.41 bits per heavy atom. The molecule has 1 saturated heterocycles. The quantitative estimate of drug-likeness (QED) is 0.776. The van der Waals surface area contributed by atoms with E-state index in [0.29, 0.717) is 23.7 Å². The molecule has 1 saturated carbocycles. The molecular formula is C19H26N2O5S. The fourth-order valence-electron chi connectivity index (χ4n) is 3.19. The van der Waals surface area contributed by atoms with E-state index < -0.39 is 5.97 Å². The average Bonchev–Trinajstić information content (AvgIpc) is 3.39. The molecule has 1 aromatic rings. The number of carbonyl (C=O) groups excluding carboxylic acids is 3.